The van der Waals surface area contributed by atoms with E-state index in [-0.39, 0.29) is 30.8 Å². The van der Waals surface area contributed by atoms with E-state index < -0.39 is 42.2 Å². The number of benzene rings is 3. The molecule has 1 spiro atoms. The molecule has 2 bridgehead atoms. The number of hydrogen-bond acceptors (Lipinski definition) is 5. The minimum absolute atomic E-state index is 0.230. The fourth-order valence-electron chi connectivity index (χ4n) is 7.62. The summed E-state index contributed by atoms with van der Waals surface area (Å²) in [6, 6.07) is 26.4. The van der Waals surface area contributed by atoms with Crippen molar-refractivity contribution < 1.29 is 24.2 Å². The van der Waals surface area contributed by atoms with Gasteiger partial charge in [0.1, 0.15) is 11.6 Å². The highest BCUT2D eigenvalue weighted by Gasteiger charge is 2.75. The molecule has 45 heavy (non-hydrogen) atoms. The Balaban J connectivity index is 1.44. The number of para-hydroxylation sites is 1. The van der Waals surface area contributed by atoms with E-state index in [2.05, 4.69) is 13.2 Å². The van der Waals surface area contributed by atoms with Crippen molar-refractivity contribution in [1.29, 1.82) is 0 Å². The number of carbonyl (C=O) groups excluding carboxylic acids is 3. The molecule has 0 aromatic heterocycles. The lowest BCUT2D eigenvalue weighted by Crippen LogP contribution is -2.57. The summed E-state index contributed by atoms with van der Waals surface area (Å²) in [7, 11) is 0. The number of aliphatic hydroxyl groups excluding tert-OH is 1. The van der Waals surface area contributed by atoms with Crippen molar-refractivity contribution in [3.05, 3.63) is 127 Å². The van der Waals surface area contributed by atoms with Gasteiger partial charge in [0.2, 0.25) is 17.7 Å². The third-order valence-corrected chi connectivity index (χ3v) is 9.47. The van der Waals surface area contributed by atoms with Gasteiger partial charge in [0.15, 0.2) is 0 Å². The van der Waals surface area contributed by atoms with E-state index in [4.69, 9.17) is 4.74 Å². The van der Waals surface area contributed by atoms with Crippen molar-refractivity contribution in [2.24, 2.45) is 11.8 Å². The number of hydrogen-bond donors (Lipinski definition) is 1. The molecule has 0 radical (unpaired) electrons. The Labute approximate surface area is 264 Å². The first-order chi connectivity index (χ1) is 21.9. The fourth-order valence-corrected chi connectivity index (χ4v) is 7.62. The lowest BCUT2D eigenvalue weighted by molar-refractivity contribution is -0.151. The van der Waals surface area contributed by atoms with Gasteiger partial charge in [-0.2, -0.15) is 0 Å². The number of ether oxygens (including phenoxy) is 1. The molecular formula is C37H39N3O5. The third-order valence-electron chi connectivity index (χ3n) is 9.47. The fraction of sp³-hybridized carbons (Fsp3) is 0.324. The smallest absolute Gasteiger partial charge is 0.249 e. The second-order valence-corrected chi connectivity index (χ2v) is 12.0. The molecule has 2 unspecified atom stereocenters. The SMILES string of the molecule is C=CCN(Cc1ccccc1)C(=O)C1N([C@H](CO)c2ccccc2)C(=O)[C@@H]2[C@@H](C(=O)N(CC=C)c3ccccc3)[C@H]3CCC12O3. The lowest BCUT2D eigenvalue weighted by Gasteiger charge is -2.39. The van der Waals surface area contributed by atoms with Gasteiger partial charge in [-0.1, -0.05) is 91.0 Å². The van der Waals surface area contributed by atoms with E-state index >= 15 is 0 Å². The van der Waals surface area contributed by atoms with Gasteiger partial charge < -0.3 is 24.5 Å². The molecule has 3 fully saturated rings. The highest BCUT2D eigenvalue weighted by atomic mass is 16.5. The van der Waals surface area contributed by atoms with E-state index in [0.717, 1.165) is 5.56 Å². The largest absolute Gasteiger partial charge is 0.394 e. The van der Waals surface area contributed by atoms with Crippen LogP contribution in [0.4, 0.5) is 5.69 Å². The van der Waals surface area contributed by atoms with E-state index in [1.165, 1.54) is 4.90 Å². The summed E-state index contributed by atoms with van der Waals surface area (Å²) in [6.45, 7) is 8.20. The highest BCUT2D eigenvalue weighted by Crippen LogP contribution is 2.60. The van der Waals surface area contributed by atoms with Crippen LogP contribution in [-0.2, 0) is 25.7 Å². The highest BCUT2D eigenvalue weighted by molar-refractivity contribution is 6.03. The predicted molar refractivity (Wildman–Crippen MR) is 172 cm³/mol. The number of rotatable bonds is 12. The van der Waals surface area contributed by atoms with Crippen molar-refractivity contribution >= 4 is 23.4 Å². The molecule has 3 aliphatic rings. The number of amides is 3. The Bertz CT molecular complexity index is 1550. The molecule has 3 aromatic carbocycles. The normalized spacial score (nSPS) is 25.4. The van der Waals surface area contributed by atoms with Crippen LogP contribution in [0, 0.1) is 11.8 Å². The Morgan fingerprint density at radius 2 is 1.56 bits per heavy atom. The Hall–Kier alpha value is -4.53. The lowest BCUT2D eigenvalue weighted by atomic mass is 9.70. The molecule has 3 amide bonds. The molecule has 0 saturated carbocycles. The van der Waals surface area contributed by atoms with Gasteiger partial charge in [0, 0.05) is 25.3 Å². The van der Waals surface area contributed by atoms with Crippen molar-refractivity contribution in [3.63, 3.8) is 0 Å². The summed E-state index contributed by atoms with van der Waals surface area (Å²) in [5.74, 6) is -2.53. The Kier molecular flexibility index (Phi) is 8.70. The van der Waals surface area contributed by atoms with Crippen LogP contribution in [0.5, 0.6) is 0 Å². The number of likely N-dealkylation sites (tertiary alicyclic amines) is 1. The Morgan fingerprint density at radius 1 is 0.933 bits per heavy atom. The van der Waals surface area contributed by atoms with Crippen molar-refractivity contribution in [1.82, 2.24) is 9.80 Å². The molecule has 3 heterocycles. The summed E-state index contributed by atoms with van der Waals surface area (Å²) >= 11 is 0. The van der Waals surface area contributed by atoms with Crippen LogP contribution >= 0.6 is 0 Å². The maximum atomic E-state index is 14.8. The maximum absolute atomic E-state index is 14.8. The Morgan fingerprint density at radius 3 is 2.18 bits per heavy atom. The first-order valence-electron chi connectivity index (χ1n) is 15.5. The van der Waals surface area contributed by atoms with Gasteiger partial charge in [0.25, 0.3) is 0 Å². The zero-order chi connectivity index (χ0) is 31.6. The molecule has 8 heteroatoms. The average Bonchev–Trinajstić information content (AvgIpc) is 3.72. The molecule has 6 rings (SSSR count). The van der Waals surface area contributed by atoms with Crippen molar-refractivity contribution in [2.75, 3.05) is 24.6 Å². The number of fused-ring (bicyclic) bond motifs is 1. The predicted octanol–water partition coefficient (Wildman–Crippen LogP) is 4.53. The summed E-state index contributed by atoms with van der Waals surface area (Å²) in [5.41, 5.74) is 1.13. The van der Waals surface area contributed by atoms with Crippen LogP contribution in [0.15, 0.2) is 116 Å². The van der Waals surface area contributed by atoms with E-state index in [9.17, 15) is 19.5 Å². The van der Waals surface area contributed by atoms with Crippen LogP contribution in [0.3, 0.4) is 0 Å². The molecule has 3 aromatic rings. The summed E-state index contributed by atoms with van der Waals surface area (Å²) in [5, 5.41) is 10.8. The van der Waals surface area contributed by atoms with Gasteiger partial charge in [0.05, 0.1) is 30.6 Å². The van der Waals surface area contributed by atoms with E-state index in [1.54, 1.807) is 22.0 Å². The van der Waals surface area contributed by atoms with Crippen molar-refractivity contribution in [2.45, 2.75) is 43.2 Å². The molecule has 0 aliphatic carbocycles. The monoisotopic (exact) mass is 605 g/mol. The van der Waals surface area contributed by atoms with Crippen molar-refractivity contribution in [3.8, 4) is 0 Å². The average molecular weight is 606 g/mol. The second-order valence-electron chi connectivity index (χ2n) is 12.0. The van der Waals surface area contributed by atoms with Crippen LogP contribution < -0.4 is 4.90 Å². The van der Waals surface area contributed by atoms with Gasteiger partial charge in [-0.05, 0) is 36.1 Å². The number of anilines is 1. The second kappa shape index (κ2) is 12.8. The molecule has 8 nitrogen and oxygen atoms in total. The van der Waals surface area contributed by atoms with E-state index in [1.807, 2.05) is 91.0 Å². The summed E-state index contributed by atoms with van der Waals surface area (Å²) in [4.78, 5) is 48.9. The topological polar surface area (TPSA) is 90.4 Å². The third kappa shape index (κ3) is 5.28. The van der Waals surface area contributed by atoms with Gasteiger partial charge in [-0.3, -0.25) is 14.4 Å². The standard InChI is InChI=1S/C37H39N3O5/c1-3-22-38(24-26-14-8-5-9-15-26)36(44)33-37-21-20-30(45-37)31(34(42)39(23-4-2)28-18-12-7-13-19-28)32(37)35(43)40(33)29(25-41)27-16-10-6-11-17-27/h3-19,29-33,41H,1-2,20-25H2/t29-,30-,31+,32+,33?,37?/m1/s1. The van der Waals surface area contributed by atoms with Gasteiger partial charge in [-0.25, -0.2) is 0 Å². The molecule has 6 atom stereocenters. The van der Waals surface area contributed by atoms with Gasteiger partial charge in [-0.15, -0.1) is 13.2 Å². The van der Waals surface area contributed by atoms with Gasteiger partial charge >= 0.3 is 0 Å². The first-order valence-corrected chi connectivity index (χ1v) is 15.5. The van der Waals surface area contributed by atoms with Crippen LogP contribution in [0.25, 0.3) is 0 Å². The van der Waals surface area contributed by atoms with Crippen LogP contribution in [-0.4, -0.2) is 70.1 Å². The molecule has 3 aliphatic heterocycles. The molecule has 1 N–H and O–H groups in total. The number of carbonyl (C=O) groups is 3. The maximum Gasteiger partial charge on any atom is 0.249 e. The van der Waals surface area contributed by atoms with Crippen LogP contribution in [0.2, 0.25) is 0 Å². The zero-order valence-electron chi connectivity index (χ0n) is 25.3. The summed E-state index contributed by atoms with van der Waals surface area (Å²) < 4.78 is 6.73. The molecule has 232 valence electrons. The van der Waals surface area contributed by atoms with E-state index in [0.29, 0.717) is 30.6 Å². The molecular weight excluding hydrogens is 566 g/mol. The summed E-state index contributed by atoms with van der Waals surface area (Å²) in [6.07, 6.45) is 3.83. The number of nitrogens with zero attached hydrogens (tertiary/aromatic N) is 3. The number of aliphatic hydroxyl groups is 1. The zero-order valence-corrected chi connectivity index (χ0v) is 25.3. The quantitative estimate of drug-likeness (QED) is 0.307. The minimum Gasteiger partial charge on any atom is -0.394 e. The first kappa shape index (κ1) is 30.5. The van der Waals surface area contributed by atoms with Crippen LogP contribution in [0.1, 0.15) is 30.0 Å². The molecule has 3 saturated heterocycles. The minimum atomic E-state index is -1.21.